The van der Waals surface area contributed by atoms with Crippen molar-refractivity contribution >= 4 is 44.2 Å². The lowest BCUT2D eigenvalue weighted by atomic mass is 9.86. The van der Waals surface area contributed by atoms with Gasteiger partial charge in [-0.2, -0.15) is 0 Å². The zero-order valence-corrected chi connectivity index (χ0v) is 24.8. The summed E-state index contributed by atoms with van der Waals surface area (Å²) in [5.41, 5.74) is 14.7. The highest BCUT2D eigenvalue weighted by atomic mass is 31.0. The Kier molecular flexibility index (Phi) is 11.3. The first-order chi connectivity index (χ1) is 19.3. The van der Waals surface area contributed by atoms with Crippen LogP contribution in [0.2, 0.25) is 0 Å². The van der Waals surface area contributed by atoms with Gasteiger partial charge in [0.25, 0.3) is 5.91 Å². The molecule has 4 rings (SSSR count). The van der Waals surface area contributed by atoms with Crippen molar-refractivity contribution in [3.05, 3.63) is 76.0 Å². The largest absolute Gasteiger partial charge is 0.402 e. The first-order valence-corrected chi connectivity index (χ1v) is 14.1. The summed E-state index contributed by atoms with van der Waals surface area (Å²) >= 11 is 0. The van der Waals surface area contributed by atoms with E-state index in [-0.39, 0.29) is 5.54 Å². The van der Waals surface area contributed by atoms with Crippen molar-refractivity contribution in [1.29, 1.82) is 0 Å². The summed E-state index contributed by atoms with van der Waals surface area (Å²) in [7, 11) is 6.38. The third-order valence-corrected chi connectivity index (χ3v) is 7.63. The third kappa shape index (κ3) is 7.69. The number of carbonyl (C=O) groups is 2. The van der Waals surface area contributed by atoms with Gasteiger partial charge in [-0.15, -0.1) is 15.7 Å². The molecule has 2 aliphatic carbocycles. The number of hydrogen-bond acceptors (Lipinski definition) is 6. The first-order valence-electron chi connectivity index (χ1n) is 13.5. The average Bonchev–Trinajstić information content (AvgIpc) is 3.71. The number of nitrogens with two attached hydrogens (primary N) is 1. The molecule has 0 saturated heterocycles. The maximum Gasteiger partial charge on any atom is 0.284 e. The van der Waals surface area contributed by atoms with E-state index in [0.717, 1.165) is 64.6 Å². The van der Waals surface area contributed by atoms with E-state index < -0.39 is 5.91 Å². The summed E-state index contributed by atoms with van der Waals surface area (Å²) in [5, 5.41) is 10.5. The number of amides is 1. The van der Waals surface area contributed by atoms with E-state index in [1.165, 1.54) is 17.6 Å². The van der Waals surface area contributed by atoms with E-state index in [2.05, 4.69) is 60.4 Å². The minimum absolute atomic E-state index is 0.152. The van der Waals surface area contributed by atoms with E-state index >= 15 is 0 Å². The highest BCUT2D eigenvalue weighted by molar-refractivity contribution is 7.27. The van der Waals surface area contributed by atoms with Crippen molar-refractivity contribution in [2.24, 2.45) is 10.7 Å². The molecule has 0 bridgehead atoms. The first kappa shape index (κ1) is 30.8. The van der Waals surface area contributed by atoms with Crippen LogP contribution < -0.4 is 27.0 Å². The molecule has 40 heavy (non-hydrogen) atoms. The average molecular weight is 558 g/mol. The van der Waals surface area contributed by atoms with Crippen LogP contribution in [-0.2, 0) is 21.7 Å². The minimum atomic E-state index is -0.607. The molecule has 0 heterocycles. The van der Waals surface area contributed by atoms with Gasteiger partial charge in [0.15, 0.2) is 0 Å². The number of benzene rings is 2. The fourth-order valence-corrected chi connectivity index (χ4v) is 4.98. The van der Waals surface area contributed by atoms with Crippen molar-refractivity contribution in [2.75, 3.05) is 20.6 Å². The lowest BCUT2D eigenvalue weighted by Gasteiger charge is -2.30. The van der Waals surface area contributed by atoms with Gasteiger partial charge in [0.05, 0.1) is 12.1 Å². The smallest absolute Gasteiger partial charge is 0.284 e. The maximum absolute atomic E-state index is 11.6. The highest BCUT2D eigenvalue weighted by Crippen LogP contribution is 2.49. The van der Waals surface area contributed by atoms with Crippen molar-refractivity contribution < 1.29 is 9.59 Å². The number of nitrogens with one attached hydrogen (secondary N) is 3. The zero-order chi connectivity index (χ0) is 29.1. The summed E-state index contributed by atoms with van der Waals surface area (Å²) < 4.78 is 0. The zero-order valence-electron chi connectivity index (χ0n) is 23.6. The van der Waals surface area contributed by atoms with E-state index in [0.29, 0.717) is 19.4 Å². The van der Waals surface area contributed by atoms with E-state index in [1.807, 2.05) is 38.4 Å². The van der Waals surface area contributed by atoms with Gasteiger partial charge in [-0.1, -0.05) is 42.3 Å². The normalized spacial score (nSPS) is 15.5. The van der Waals surface area contributed by atoms with E-state index in [9.17, 15) is 9.59 Å². The molecular formula is C32H40N5O2P. The van der Waals surface area contributed by atoms with Crippen molar-refractivity contribution in [3.8, 4) is 12.3 Å². The number of allylic oxidation sites excluding steroid dienone is 3. The van der Waals surface area contributed by atoms with Crippen LogP contribution >= 0.6 is 9.24 Å². The molecule has 2 aromatic carbocycles. The molecule has 1 atom stereocenters. The SMILES string of the molecule is C#CCNC.CN=C/C(=C(/C)N)c1cc(C2(NC(=C3CCC3)c3ccccc3CNC(=O)C=O)CC2)ccc1P. The Balaban J connectivity index is 0.000000810. The Morgan fingerprint density at radius 3 is 2.45 bits per heavy atom. The van der Waals surface area contributed by atoms with Gasteiger partial charge in [0.2, 0.25) is 6.29 Å². The van der Waals surface area contributed by atoms with Crippen molar-refractivity contribution in [3.63, 3.8) is 0 Å². The molecular weight excluding hydrogens is 517 g/mol. The standard InChI is InChI=1S/C28H33N4O2P.C4H7N/c1-18(29)24(16-30-2)23-14-21(10-11-25(23)35)28(12-13-28)32-27(19-7-5-8-19)22-9-4-3-6-20(22)15-31-26(34)17-33;1-3-4-5-2/h3-4,6,9-11,14,16-17,32H,5,7-8,12-13,15,29,35H2,1-2H3,(H,31,34);1,5H,4H2,2H3/b24-18+,30-16?;. The Morgan fingerprint density at radius 1 is 1.20 bits per heavy atom. The lowest BCUT2D eigenvalue weighted by molar-refractivity contribution is -0.131. The van der Waals surface area contributed by atoms with Crippen LogP contribution in [0.5, 0.6) is 0 Å². The van der Waals surface area contributed by atoms with Gasteiger partial charge >= 0.3 is 0 Å². The monoisotopic (exact) mass is 557 g/mol. The number of aliphatic imine (C=N–C) groups is 1. The summed E-state index contributed by atoms with van der Waals surface area (Å²) in [6, 6.07) is 14.6. The second-order valence-corrected chi connectivity index (χ2v) is 10.7. The summed E-state index contributed by atoms with van der Waals surface area (Å²) in [5.74, 6) is 1.80. The number of rotatable bonds is 10. The van der Waals surface area contributed by atoms with Gasteiger partial charge in [0.1, 0.15) is 0 Å². The molecule has 2 fully saturated rings. The minimum Gasteiger partial charge on any atom is -0.402 e. The third-order valence-electron chi connectivity index (χ3n) is 7.13. The predicted octanol–water partition coefficient (Wildman–Crippen LogP) is 3.41. The molecule has 1 amide bonds. The lowest BCUT2D eigenvalue weighted by Crippen LogP contribution is -2.31. The van der Waals surface area contributed by atoms with Gasteiger partial charge in [-0.25, -0.2) is 0 Å². The van der Waals surface area contributed by atoms with E-state index in [4.69, 9.17) is 12.2 Å². The number of hydrogen-bond donors (Lipinski definition) is 4. The van der Waals surface area contributed by atoms with Gasteiger partial charge in [0, 0.05) is 42.3 Å². The number of nitrogens with zero attached hydrogens (tertiary/aromatic N) is 1. The van der Waals surface area contributed by atoms with Crippen LogP contribution in [-0.4, -0.2) is 39.0 Å². The molecule has 8 heteroatoms. The van der Waals surface area contributed by atoms with Crippen LogP contribution in [0.15, 0.2) is 58.7 Å². The molecule has 2 aromatic rings. The van der Waals surface area contributed by atoms with Crippen LogP contribution in [0.25, 0.3) is 11.3 Å². The second-order valence-electron chi connectivity index (χ2n) is 10.1. The summed E-state index contributed by atoms with van der Waals surface area (Å²) in [4.78, 5) is 26.6. The molecule has 0 spiro atoms. The quantitative estimate of drug-likeness (QED) is 0.118. The van der Waals surface area contributed by atoms with Gasteiger partial charge in [-0.05, 0) is 79.7 Å². The summed E-state index contributed by atoms with van der Waals surface area (Å²) in [6.45, 7) is 2.88. The van der Waals surface area contributed by atoms with Gasteiger partial charge < -0.3 is 21.7 Å². The fraction of sp³-hybridized carbons (Fsp3) is 0.344. The van der Waals surface area contributed by atoms with Crippen LogP contribution in [0.1, 0.15) is 61.3 Å². The fourth-order valence-electron chi connectivity index (χ4n) is 4.64. The molecule has 0 radical (unpaired) electrons. The molecule has 0 aromatic heterocycles. The Hall–Kier alpha value is -3.72. The summed E-state index contributed by atoms with van der Waals surface area (Å²) in [6.07, 6.45) is 12.3. The molecule has 2 saturated carbocycles. The second kappa shape index (κ2) is 14.6. The molecule has 0 aliphatic heterocycles. The van der Waals surface area contributed by atoms with Crippen LogP contribution in [0.4, 0.5) is 0 Å². The van der Waals surface area contributed by atoms with Gasteiger partial charge in [-0.3, -0.25) is 14.6 Å². The Morgan fingerprint density at radius 2 is 1.93 bits per heavy atom. The number of aldehydes is 1. The topological polar surface area (TPSA) is 109 Å². The predicted molar refractivity (Wildman–Crippen MR) is 169 cm³/mol. The van der Waals surface area contributed by atoms with Crippen molar-refractivity contribution in [2.45, 2.75) is 51.1 Å². The Labute approximate surface area is 240 Å². The molecule has 7 nitrogen and oxygen atoms in total. The molecule has 5 N–H and O–H groups in total. The van der Waals surface area contributed by atoms with Crippen LogP contribution in [0, 0.1) is 12.3 Å². The Bertz CT molecular complexity index is 1360. The molecule has 2 aliphatic rings. The van der Waals surface area contributed by atoms with Crippen molar-refractivity contribution in [1.82, 2.24) is 16.0 Å². The van der Waals surface area contributed by atoms with E-state index in [1.54, 1.807) is 7.05 Å². The number of terminal acetylenes is 1. The maximum atomic E-state index is 11.6. The number of carbonyl (C=O) groups excluding carboxylic acids is 2. The van der Waals surface area contributed by atoms with Crippen LogP contribution in [0.3, 0.4) is 0 Å². The highest BCUT2D eigenvalue weighted by Gasteiger charge is 2.45. The molecule has 1 unspecified atom stereocenters. The molecule has 210 valence electrons.